The van der Waals surface area contributed by atoms with Crippen LogP contribution in [0, 0.1) is 11.7 Å². The summed E-state index contributed by atoms with van der Waals surface area (Å²) in [7, 11) is 0. The fourth-order valence-electron chi connectivity index (χ4n) is 2.62. The van der Waals surface area contributed by atoms with Crippen molar-refractivity contribution in [1.29, 1.82) is 0 Å². The Labute approximate surface area is 179 Å². The SMILES string of the molecule is CC(C)[C@@H](C)NC(=O)CSc1nnc(COc2ccccc2F)n1-c1ccccc1. The first-order chi connectivity index (χ1) is 14.5. The summed E-state index contributed by atoms with van der Waals surface area (Å²) in [5.74, 6) is 0.742. The molecule has 1 atom stereocenters. The third-order valence-electron chi connectivity index (χ3n) is 4.63. The summed E-state index contributed by atoms with van der Waals surface area (Å²) < 4.78 is 21.3. The molecule has 30 heavy (non-hydrogen) atoms. The van der Waals surface area contributed by atoms with Gasteiger partial charge in [-0.3, -0.25) is 9.36 Å². The highest BCUT2D eigenvalue weighted by Gasteiger charge is 2.18. The highest BCUT2D eigenvalue weighted by atomic mass is 32.2. The van der Waals surface area contributed by atoms with Crippen molar-refractivity contribution in [3.8, 4) is 11.4 Å². The monoisotopic (exact) mass is 428 g/mol. The van der Waals surface area contributed by atoms with Crippen LogP contribution in [0.15, 0.2) is 59.8 Å². The molecule has 1 heterocycles. The molecule has 158 valence electrons. The van der Waals surface area contributed by atoms with Crippen molar-refractivity contribution in [3.63, 3.8) is 0 Å². The molecular weight excluding hydrogens is 403 g/mol. The van der Waals surface area contributed by atoms with E-state index >= 15 is 0 Å². The average molecular weight is 429 g/mol. The maximum absolute atomic E-state index is 13.9. The standard InChI is InChI=1S/C22H25FN4O2S/c1-15(2)16(3)24-21(28)14-30-22-26-25-20(27(22)17-9-5-4-6-10-17)13-29-19-12-8-7-11-18(19)23/h4-12,15-16H,13-14H2,1-3H3,(H,24,28)/t16-/m1/s1. The van der Waals surface area contributed by atoms with Gasteiger partial charge >= 0.3 is 0 Å². The van der Waals surface area contributed by atoms with E-state index < -0.39 is 5.82 Å². The molecule has 6 nitrogen and oxygen atoms in total. The minimum absolute atomic E-state index is 0.0416. The molecule has 0 aliphatic rings. The number of thioether (sulfide) groups is 1. The Morgan fingerprint density at radius 3 is 2.50 bits per heavy atom. The number of para-hydroxylation sites is 2. The van der Waals surface area contributed by atoms with Gasteiger partial charge in [0.2, 0.25) is 5.91 Å². The van der Waals surface area contributed by atoms with Gasteiger partial charge in [-0.15, -0.1) is 10.2 Å². The number of halogens is 1. The first kappa shape index (κ1) is 21.8. The second kappa shape index (κ2) is 10.2. The molecule has 1 amide bonds. The number of nitrogens with zero attached hydrogens (tertiary/aromatic N) is 3. The summed E-state index contributed by atoms with van der Waals surface area (Å²) in [6, 6.07) is 15.9. The van der Waals surface area contributed by atoms with Gasteiger partial charge in [0.25, 0.3) is 0 Å². The zero-order chi connectivity index (χ0) is 21.5. The number of hydrogen-bond acceptors (Lipinski definition) is 5. The van der Waals surface area contributed by atoms with E-state index in [1.165, 1.54) is 17.8 Å². The predicted molar refractivity (Wildman–Crippen MR) is 115 cm³/mol. The van der Waals surface area contributed by atoms with Crippen molar-refractivity contribution in [2.24, 2.45) is 5.92 Å². The zero-order valence-corrected chi connectivity index (χ0v) is 18.0. The summed E-state index contributed by atoms with van der Waals surface area (Å²) >= 11 is 1.30. The molecule has 0 aliphatic heterocycles. The first-order valence-corrected chi connectivity index (χ1v) is 10.7. The number of carbonyl (C=O) groups excluding carboxylic acids is 1. The molecule has 0 aliphatic carbocycles. The fourth-order valence-corrected chi connectivity index (χ4v) is 3.40. The van der Waals surface area contributed by atoms with Crippen LogP contribution in [0.4, 0.5) is 4.39 Å². The Kier molecular flexibility index (Phi) is 7.46. The van der Waals surface area contributed by atoms with Crippen LogP contribution >= 0.6 is 11.8 Å². The summed E-state index contributed by atoms with van der Waals surface area (Å²) in [4.78, 5) is 12.3. The van der Waals surface area contributed by atoms with Crippen LogP contribution in [0.3, 0.4) is 0 Å². The molecule has 8 heteroatoms. The van der Waals surface area contributed by atoms with Crippen LogP contribution in [-0.4, -0.2) is 32.5 Å². The van der Waals surface area contributed by atoms with Gasteiger partial charge in [-0.05, 0) is 37.1 Å². The third kappa shape index (κ3) is 5.60. The van der Waals surface area contributed by atoms with E-state index in [0.29, 0.717) is 16.9 Å². The number of hydrogen-bond donors (Lipinski definition) is 1. The molecule has 0 bridgehead atoms. The van der Waals surface area contributed by atoms with E-state index in [4.69, 9.17) is 4.74 Å². The second-order valence-corrected chi connectivity index (χ2v) is 8.12. The molecule has 0 spiro atoms. The largest absolute Gasteiger partial charge is 0.483 e. The van der Waals surface area contributed by atoms with Gasteiger partial charge in [0.15, 0.2) is 22.5 Å². The number of carbonyl (C=O) groups is 1. The minimum Gasteiger partial charge on any atom is -0.483 e. The van der Waals surface area contributed by atoms with Gasteiger partial charge in [-0.1, -0.05) is 55.9 Å². The number of aromatic nitrogens is 3. The molecular formula is C22H25FN4O2S. The topological polar surface area (TPSA) is 69.0 Å². The number of amides is 1. The summed E-state index contributed by atoms with van der Waals surface area (Å²) in [6.45, 7) is 6.15. The van der Waals surface area contributed by atoms with Crippen LogP contribution in [-0.2, 0) is 11.4 Å². The highest BCUT2D eigenvalue weighted by molar-refractivity contribution is 7.99. The Bertz CT molecular complexity index is 978. The number of nitrogens with one attached hydrogen (secondary N) is 1. The molecule has 0 unspecified atom stereocenters. The number of benzene rings is 2. The molecule has 2 aromatic carbocycles. The van der Waals surface area contributed by atoms with Crippen molar-refractivity contribution >= 4 is 17.7 Å². The van der Waals surface area contributed by atoms with E-state index in [-0.39, 0.29) is 30.1 Å². The zero-order valence-electron chi connectivity index (χ0n) is 17.2. The van der Waals surface area contributed by atoms with E-state index in [1.807, 2.05) is 41.8 Å². The van der Waals surface area contributed by atoms with Crippen molar-refractivity contribution in [1.82, 2.24) is 20.1 Å². The fraction of sp³-hybridized carbons (Fsp3) is 0.318. The van der Waals surface area contributed by atoms with Crippen LogP contribution in [0.1, 0.15) is 26.6 Å². The van der Waals surface area contributed by atoms with E-state index in [1.54, 1.807) is 18.2 Å². The normalized spacial score (nSPS) is 12.0. The van der Waals surface area contributed by atoms with Crippen LogP contribution < -0.4 is 10.1 Å². The van der Waals surface area contributed by atoms with Gasteiger partial charge < -0.3 is 10.1 Å². The minimum atomic E-state index is -0.436. The van der Waals surface area contributed by atoms with Gasteiger partial charge in [0.05, 0.1) is 5.75 Å². The molecule has 1 aromatic heterocycles. The molecule has 0 saturated heterocycles. The van der Waals surface area contributed by atoms with Crippen molar-refractivity contribution in [2.75, 3.05) is 5.75 Å². The molecule has 1 N–H and O–H groups in total. The Hall–Kier alpha value is -2.87. The molecule has 3 aromatic rings. The highest BCUT2D eigenvalue weighted by Crippen LogP contribution is 2.24. The Morgan fingerprint density at radius 2 is 1.80 bits per heavy atom. The first-order valence-electron chi connectivity index (χ1n) is 9.75. The third-order valence-corrected chi connectivity index (χ3v) is 5.56. The lowest BCUT2D eigenvalue weighted by molar-refractivity contribution is -0.119. The van der Waals surface area contributed by atoms with E-state index in [0.717, 1.165) is 5.69 Å². The molecule has 0 radical (unpaired) electrons. The Balaban J connectivity index is 1.77. The predicted octanol–water partition coefficient (Wildman–Crippen LogP) is 4.24. The van der Waals surface area contributed by atoms with Gasteiger partial charge in [-0.25, -0.2) is 4.39 Å². The van der Waals surface area contributed by atoms with Crippen molar-refractivity contribution in [2.45, 2.75) is 38.6 Å². The lowest BCUT2D eigenvalue weighted by atomic mass is 10.1. The summed E-state index contributed by atoms with van der Waals surface area (Å²) in [6.07, 6.45) is 0. The second-order valence-electron chi connectivity index (χ2n) is 7.18. The maximum Gasteiger partial charge on any atom is 0.230 e. The van der Waals surface area contributed by atoms with Crippen molar-refractivity contribution < 1.29 is 13.9 Å². The lowest BCUT2D eigenvalue weighted by Gasteiger charge is -2.17. The van der Waals surface area contributed by atoms with E-state index in [2.05, 4.69) is 29.4 Å². The number of ether oxygens (including phenoxy) is 1. The van der Waals surface area contributed by atoms with Gasteiger partial charge in [0, 0.05) is 11.7 Å². The molecule has 0 saturated carbocycles. The van der Waals surface area contributed by atoms with Crippen LogP contribution in [0.5, 0.6) is 5.75 Å². The van der Waals surface area contributed by atoms with Gasteiger partial charge in [0.1, 0.15) is 6.61 Å². The van der Waals surface area contributed by atoms with Gasteiger partial charge in [-0.2, -0.15) is 0 Å². The average Bonchev–Trinajstić information content (AvgIpc) is 3.15. The van der Waals surface area contributed by atoms with E-state index in [9.17, 15) is 9.18 Å². The summed E-state index contributed by atoms with van der Waals surface area (Å²) in [5, 5.41) is 12.0. The van der Waals surface area contributed by atoms with Crippen molar-refractivity contribution in [3.05, 3.63) is 66.2 Å². The van der Waals surface area contributed by atoms with Crippen LogP contribution in [0.25, 0.3) is 5.69 Å². The van der Waals surface area contributed by atoms with Crippen LogP contribution in [0.2, 0.25) is 0 Å². The smallest absolute Gasteiger partial charge is 0.230 e. The summed E-state index contributed by atoms with van der Waals surface area (Å²) in [5.41, 5.74) is 0.841. The Morgan fingerprint density at radius 1 is 1.10 bits per heavy atom. The quantitative estimate of drug-likeness (QED) is 0.517. The molecule has 0 fully saturated rings. The maximum atomic E-state index is 13.9. The number of rotatable bonds is 9. The molecule has 3 rings (SSSR count). The lowest BCUT2D eigenvalue weighted by Crippen LogP contribution is -2.37.